The Morgan fingerprint density at radius 3 is 2.48 bits per heavy atom. The van der Waals surface area contributed by atoms with Crippen LogP contribution in [0.5, 0.6) is 0 Å². The fourth-order valence-corrected chi connectivity index (χ4v) is 4.04. The summed E-state index contributed by atoms with van der Waals surface area (Å²) in [7, 11) is -3.73. The average molecular weight is 358 g/mol. The lowest BCUT2D eigenvalue weighted by molar-refractivity contribution is -0.129. The quantitative estimate of drug-likeness (QED) is 0.859. The highest BCUT2D eigenvalue weighted by Gasteiger charge is 2.44. The molecule has 0 aliphatic heterocycles. The van der Waals surface area contributed by atoms with Gasteiger partial charge in [-0.15, -0.1) is 0 Å². The first-order valence-corrected chi connectivity index (χ1v) is 9.78. The summed E-state index contributed by atoms with van der Waals surface area (Å²) in [5, 5.41) is 8.02. The SMILES string of the molecule is CC1(c2ccccc2)CC(C(=O)NCc2cccc(S(N)(=O)=O)c2)C1. The van der Waals surface area contributed by atoms with Gasteiger partial charge in [-0.05, 0) is 41.5 Å². The lowest BCUT2D eigenvalue weighted by Gasteiger charge is -2.45. The van der Waals surface area contributed by atoms with Crippen LogP contribution in [0.3, 0.4) is 0 Å². The fourth-order valence-electron chi connectivity index (χ4n) is 3.46. The molecule has 0 spiro atoms. The summed E-state index contributed by atoms with van der Waals surface area (Å²) in [5.74, 6) is 0.000967. The van der Waals surface area contributed by atoms with E-state index in [-0.39, 0.29) is 22.1 Å². The molecule has 6 heteroatoms. The zero-order valence-electron chi connectivity index (χ0n) is 14.1. The molecule has 0 aromatic heterocycles. The van der Waals surface area contributed by atoms with Gasteiger partial charge in [0.15, 0.2) is 0 Å². The van der Waals surface area contributed by atoms with Crippen LogP contribution in [0.1, 0.15) is 30.9 Å². The number of sulfonamides is 1. The van der Waals surface area contributed by atoms with E-state index in [4.69, 9.17) is 5.14 Å². The van der Waals surface area contributed by atoms with Gasteiger partial charge in [0.25, 0.3) is 0 Å². The number of hydrogen-bond acceptors (Lipinski definition) is 3. The van der Waals surface area contributed by atoms with Gasteiger partial charge in [0.05, 0.1) is 4.90 Å². The molecule has 25 heavy (non-hydrogen) atoms. The lowest BCUT2D eigenvalue weighted by Crippen LogP contribution is -2.46. The number of nitrogens with one attached hydrogen (secondary N) is 1. The largest absolute Gasteiger partial charge is 0.352 e. The molecule has 0 atom stereocenters. The maximum Gasteiger partial charge on any atom is 0.238 e. The van der Waals surface area contributed by atoms with Crippen LogP contribution in [-0.2, 0) is 26.8 Å². The summed E-state index contributed by atoms with van der Waals surface area (Å²) in [6.07, 6.45) is 1.64. The Bertz CT molecular complexity index is 873. The van der Waals surface area contributed by atoms with Crippen LogP contribution < -0.4 is 10.5 Å². The minimum atomic E-state index is -3.73. The van der Waals surface area contributed by atoms with E-state index in [1.807, 2.05) is 18.2 Å². The van der Waals surface area contributed by atoms with Gasteiger partial charge in [-0.1, -0.05) is 49.4 Å². The van der Waals surface area contributed by atoms with E-state index in [2.05, 4.69) is 24.4 Å². The van der Waals surface area contributed by atoms with Crippen LogP contribution in [0.2, 0.25) is 0 Å². The minimum Gasteiger partial charge on any atom is -0.352 e. The van der Waals surface area contributed by atoms with Crippen molar-refractivity contribution in [2.24, 2.45) is 11.1 Å². The predicted molar refractivity (Wildman–Crippen MR) is 96.2 cm³/mol. The highest BCUT2D eigenvalue weighted by molar-refractivity contribution is 7.89. The second-order valence-corrected chi connectivity index (χ2v) is 8.50. The van der Waals surface area contributed by atoms with Crippen molar-refractivity contribution in [3.8, 4) is 0 Å². The molecule has 132 valence electrons. The van der Waals surface area contributed by atoms with Gasteiger partial charge in [-0.25, -0.2) is 13.6 Å². The molecule has 0 saturated heterocycles. The Morgan fingerprint density at radius 2 is 1.84 bits per heavy atom. The van der Waals surface area contributed by atoms with Gasteiger partial charge in [-0.2, -0.15) is 0 Å². The Hall–Kier alpha value is -2.18. The van der Waals surface area contributed by atoms with Gasteiger partial charge in [0.1, 0.15) is 0 Å². The molecule has 3 rings (SSSR count). The normalized spacial score (nSPS) is 22.9. The van der Waals surface area contributed by atoms with E-state index >= 15 is 0 Å². The number of rotatable bonds is 5. The number of carbonyl (C=O) groups is 1. The van der Waals surface area contributed by atoms with Crippen molar-refractivity contribution in [1.82, 2.24) is 5.32 Å². The summed E-state index contributed by atoms with van der Waals surface area (Å²) in [6.45, 7) is 2.47. The van der Waals surface area contributed by atoms with Crippen molar-refractivity contribution in [3.05, 3.63) is 65.7 Å². The molecule has 0 heterocycles. The number of benzene rings is 2. The van der Waals surface area contributed by atoms with E-state index < -0.39 is 10.0 Å². The second kappa shape index (κ2) is 6.61. The summed E-state index contributed by atoms with van der Waals surface area (Å²) < 4.78 is 22.8. The minimum absolute atomic E-state index is 0.00775. The molecule has 1 saturated carbocycles. The molecule has 5 nitrogen and oxygen atoms in total. The van der Waals surface area contributed by atoms with Crippen LogP contribution in [-0.4, -0.2) is 14.3 Å². The molecule has 2 aromatic rings. The Labute approximate surface area is 148 Å². The monoisotopic (exact) mass is 358 g/mol. The molecular formula is C19H22N2O3S. The maximum atomic E-state index is 12.3. The van der Waals surface area contributed by atoms with Crippen LogP contribution in [0.4, 0.5) is 0 Å². The number of primary sulfonamides is 1. The van der Waals surface area contributed by atoms with Crippen molar-refractivity contribution in [1.29, 1.82) is 0 Å². The molecular weight excluding hydrogens is 336 g/mol. The molecule has 2 aromatic carbocycles. The number of carbonyl (C=O) groups excluding carboxylic acids is 1. The molecule has 0 radical (unpaired) electrons. The van der Waals surface area contributed by atoms with E-state index in [1.165, 1.54) is 17.7 Å². The van der Waals surface area contributed by atoms with Crippen LogP contribution >= 0.6 is 0 Å². The summed E-state index contributed by atoms with van der Waals surface area (Å²) in [6, 6.07) is 16.6. The zero-order valence-corrected chi connectivity index (χ0v) is 14.9. The van der Waals surface area contributed by atoms with Crippen molar-refractivity contribution in [2.45, 2.75) is 36.6 Å². The molecule has 1 amide bonds. The van der Waals surface area contributed by atoms with Gasteiger partial charge in [-0.3, -0.25) is 4.79 Å². The van der Waals surface area contributed by atoms with Crippen molar-refractivity contribution >= 4 is 15.9 Å². The third-order valence-corrected chi connectivity index (χ3v) is 5.84. The van der Waals surface area contributed by atoms with Gasteiger partial charge < -0.3 is 5.32 Å². The van der Waals surface area contributed by atoms with Gasteiger partial charge in [0.2, 0.25) is 15.9 Å². The highest BCUT2D eigenvalue weighted by Crippen LogP contribution is 2.47. The third kappa shape index (κ3) is 3.91. The molecule has 0 bridgehead atoms. The van der Waals surface area contributed by atoms with Gasteiger partial charge >= 0.3 is 0 Å². The predicted octanol–water partition coefficient (Wildman–Crippen LogP) is 2.32. The third-order valence-electron chi connectivity index (χ3n) is 4.93. The first kappa shape index (κ1) is 17.6. The van der Waals surface area contributed by atoms with Crippen molar-refractivity contribution < 1.29 is 13.2 Å². The zero-order chi connectivity index (χ0) is 18.1. The second-order valence-electron chi connectivity index (χ2n) is 6.94. The average Bonchev–Trinajstić information content (AvgIpc) is 2.57. The smallest absolute Gasteiger partial charge is 0.238 e. The van der Waals surface area contributed by atoms with Crippen LogP contribution in [0.15, 0.2) is 59.5 Å². The topological polar surface area (TPSA) is 89.3 Å². The van der Waals surface area contributed by atoms with E-state index in [1.54, 1.807) is 12.1 Å². The number of hydrogen-bond donors (Lipinski definition) is 2. The first-order valence-electron chi connectivity index (χ1n) is 8.23. The Morgan fingerprint density at radius 1 is 1.16 bits per heavy atom. The molecule has 3 N–H and O–H groups in total. The Kier molecular flexibility index (Phi) is 4.67. The number of nitrogens with two attached hydrogens (primary N) is 1. The highest BCUT2D eigenvalue weighted by atomic mass is 32.2. The Balaban J connectivity index is 1.57. The van der Waals surface area contributed by atoms with E-state index in [0.717, 1.165) is 12.8 Å². The maximum absolute atomic E-state index is 12.3. The van der Waals surface area contributed by atoms with E-state index in [0.29, 0.717) is 12.1 Å². The van der Waals surface area contributed by atoms with Gasteiger partial charge in [0, 0.05) is 12.5 Å². The summed E-state index contributed by atoms with van der Waals surface area (Å²) >= 11 is 0. The van der Waals surface area contributed by atoms with Crippen molar-refractivity contribution in [2.75, 3.05) is 0 Å². The molecule has 1 aliphatic rings. The van der Waals surface area contributed by atoms with Crippen LogP contribution in [0, 0.1) is 5.92 Å². The standard InChI is InChI=1S/C19H22N2O3S/c1-19(16-7-3-2-4-8-16)11-15(12-19)18(22)21-13-14-6-5-9-17(10-14)25(20,23)24/h2-10,15H,11-13H2,1H3,(H,21,22)(H2,20,23,24). The van der Waals surface area contributed by atoms with E-state index in [9.17, 15) is 13.2 Å². The summed E-state index contributed by atoms with van der Waals surface area (Å²) in [4.78, 5) is 12.4. The molecule has 0 unspecified atom stereocenters. The molecule has 1 aliphatic carbocycles. The summed E-state index contributed by atoms with van der Waals surface area (Å²) in [5.41, 5.74) is 2.03. The molecule has 1 fully saturated rings. The number of amides is 1. The van der Waals surface area contributed by atoms with Crippen LogP contribution in [0.25, 0.3) is 0 Å². The first-order chi connectivity index (χ1) is 11.8. The van der Waals surface area contributed by atoms with Crippen molar-refractivity contribution in [3.63, 3.8) is 0 Å². The fraction of sp³-hybridized carbons (Fsp3) is 0.316. The lowest BCUT2D eigenvalue weighted by atomic mass is 9.59.